The van der Waals surface area contributed by atoms with E-state index in [1.54, 1.807) is 4.90 Å². The van der Waals surface area contributed by atoms with Crippen molar-refractivity contribution in [3.05, 3.63) is 0 Å². The molecule has 1 unspecified atom stereocenters. The number of nitrogens with zero attached hydrogens (tertiary/aromatic N) is 2. The highest BCUT2D eigenvalue weighted by molar-refractivity contribution is 5.93. The van der Waals surface area contributed by atoms with Crippen LogP contribution in [0.15, 0.2) is 0 Å². The molecule has 0 radical (unpaired) electrons. The molecule has 0 aromatic carbocycles. The Kier molecular flexibility index (Phi) is 4.68. The van der Waals surface area contributed by atoms with E-state index in [0.717, 1.165) is 12.8 Å². The van der Waals surface area contributed by atoms with Crippen LogP contribution >= 0.6 is 0 Å². The zero-order chi connectivity index (χ0) is 16.3. The van der Waals surface area contributed by atoms with Gasteiger partial charge < -0.3 is 21.3 Å². The summed E-state index contributed by atoms with van der Waals surface area (Å²) in [7, 11) is 0. The van der Waals surface area contributed by atoms with Crippen molar-refractivity contribution in [2.24, 2.45) is 16.9 Å². The van der Waals surface area contributed by atoms with E-state index in [2.05, 4.69) is 0 Å². The SMILES string of the molecule is NC(=O)CCCC(=O)N1CCCC2(C1)CN(CC(N)=O)C2=O. The Balaban J connectivity index is 1.87. The molecular formula is C14H22N4O4. The Morgan fingerprint density at radius 3 is 2.41 bits per heavy atom. The van der Waals surface area contributed by atoms with Gasteiger partial charge in [0.15, 0.2) is 0 Å². The number of carbonyl (C=O) groups is 4. The van der Waals surface area contributed by atoms with Gasteiger partial charge in [-0.15, -0.1) is 0 Å². The fraction of sp³-hybridized carbons (Fsp3) is 0.714. The molecule has 2 aliphatic heterocycles. The number of nitrogens with two attached hydrogens (primary N) is 2. The van der Waals surface area contributed by atoms with Crippen molar-refractivity contribution in [2.45, 2.75) is 32.1 Å². The first-order valence-electron chi connectivity index (χ1n) is 7.48. The molecule has 2 aliphatic rings. The summed E-state index contributed by atoms with van der Waals surface area (Å²) in [6.07, 6.45) is 2.37. The number of likely N-dealkylation sites (tertiary alicyclic amines) is 2. The van der Waals surface area contributed by atoms with E-state index in [1.807, 2.05) is 0 Å². The van der Waals surface area contributed by atoms with Crippen LogP contribution in [-0.2, 0) is 19.2 Å². The summed E-state index contributed by atoms with van der Waals surface area (Å²) in [5.41, 5.74) is 9.61. The lowest BCUT2D eigenvalue weighted by Crippen LogP contribution is -2.68. The van der Waals surface area contributed by atoms with Crippen molar-refractivity contribution in [3.8, 4) is 0 Å². The highest BCUT2D eigenvalue weighted by Crippen LogP contribution is 2.40. The second-order valence-electron chi connectivity index (χ2n) is 6.15. The quantitative estimate of drug-likeness (QED) is 0.583. The molecule has 2 heterocycles. The fourth-order valence-corrected chi connectivity index (χ4v) is 3.28. The van der Waals surface area contributed by atoms with Gasteiger partial charge in [-0.2, -0.15) is 0 Å². The van der Waals surface area contributed by atoms with E-state index >= 15 is 0 Å². The summed E-state index contributed by atoms with van der Waals surface area (Å²) in [4.78, 5) is 49.1. The van der Waals surface area contributed by atoms with Crippen molar-refractivity contribution in [3.63, 3.8) is 0 Å². The van der Waals surface area contributed by atoms with Gasteiger partial charge in [-0.25, -0.2) is 0 Å². The molecule has 0 aromatic heterocycles. The molecule has 1 spiro atoms. The van der Waals surface area contributed by atoms with Crippen LogP contribution in [0.25, 0.3) is 0 Å². The molecule has 0 saturated carbocycles. The molecule has 0 aliphatic carbocycles. The lowest BCUT2D eigenvalue weighted by atomic mass is 9.72. The second-order valence-corrected chi connectivity index (χ2v) is 6.15. The fourth-order valence-electron chi connectivity index (χ4n) is 3.28. The summed E-state index contributed by atoms with van der Waals surface area (Å²) in [5.74, 6) is -1.10. The van der Waals surface area contributed by atoms with E-state index in [4.69, 9.17) is 11.5 Å². The molecule has 2 saturated heterocycles. The van der Waals surface area contributed by atoms with Gasteiger partial charge in [0, 0.05) is 32.5 Å². The minimum absolute atomic E-state index is 0.0542. The third kappa shape index (κ3) is 3.37. The zero-order valence-corrected chi connectivity index (χ0v) is 12.5. The monoisotopic (exact) mass is 310 g/mol. The molecule has 22 heavy (non-hydrogen) atoms. The lowest BCUT2D eigenvalue weighted by Gasteiger charge is -2.52. The molecule has 8 nitrogen and oxygen atoms in total. The Hall–Kier alpha value is -2.12. The number of carbonyl (C=O) groups excluding carboxylic acids is 4. The van der Waals surface area contributed by atoms with E-state index < -0.39 is 17.2 Å². The maximum atomic E-state index is 12.3. The van der Waals surface area contributed by atoms with E-state index in [0.29, 0.717) is 26.1 Å². The van der Waals surface area contributed by atoms with Crippen LogP contribution in [0.5, 0.6) is 0 Å². The molecule has 4 N–H and O–H groups in total. The number of rotatable bonds is 6. The number of piperidine rings is 1. The minimum Gasteiger partial charge on any atom is -0.370 e. The molecule has 0 aromatic rings. The molecule has 4 amide bonds. The Bertz CT molecular complexity index is 507. The largest absolute Gasteiger partial charge is 0.370 e. The predicted molar refractivity (Wildman–Crippen MR) is 77.1 cm³/mol. The third-order valence-electron chi connectivity index (χ3n) is 4.32. The maximum absolute atomic E-state index is 12.3. The minimum atomic E-state index is -0.549. The average Bonchev–Trinajstić information content (AvgIpc) is 2.46. The van der Waals surface area contributed by atoms with E-state index in [9.17, 15) is 19.2 Å². The predicted octanol–water partition coefficient (Wildman–Crippen LogP) is -1.42. The van der Waals surface area contributed by atoms with Gasteiger partial charge in [0.25, 0.3) is 0 Å². The number of amides is 4. The van der Waals surface area contributed by atoms with E-state index in [-0.39, 0.29) is 31.2 Å². The topological polar surface area (TPSA) is 127 Å². The van der Waals surface area contributed by atoms with Crippen LogP contribution in [-0.4, -0.2) is 59.6 Å². The Morgan fingerprint density at radius 1 is 1.09 bits per heavy atom. The summed E-state index contributed by atoms with van der Waals surface area (Å²) in [6.45, 7) is 1.42. The Morgan fingerprint density at radius 2 is 1.82 bits per heavy atom. The molecule has 2 fully saturated rings. The molecule has 122 valence electrons. The van der Waals surface area contributed by atoms with Crippen LogP contribution < -0.4 is 11.5 Å². The van der Waals surface area contributed by atoms with Crippen molar-refractivity contribution in [1.82, 2.24) is 9.80 Å². The zero-order valence-electron chi connectivity index (χ0n) is 12.5. The van der Waals surface area contributed by atoms with Crippen LogP contribution in [0.2, 0.25) is 0 Å². The van der Waals surface area contributed by atoms with Gasteiger partial charge in [-0.05, 0) is 19.3 Å². The molecule has 1 atom stereocenters. The summed E-state index contributed by atoms with van der Waals surface area (Å²) < 4.78 is 0. The standard InChI is InChI=1S/C14H22N4O4/c15-10(19)3-1-4-12(21)17-6-2-5-14(8-17)9-18(13(14)22)7-11(16)20/h1-9H2,(H2,15,19)(H2,16,20). The smallest absolute Gasteiger partial charge is 0.237 e. The molecule has 8 heteroatoms. The van der Waals surface area contributed by atoms with Crippen molar-refractivity contribution >= 4 is 23.6 Å². The first-order chi connectivity index (χ1) is 10.3. The second kappa shape index (κ2) is 6.33. The highest BCUT2D eigenvalue weighted by atomic mass is 16.2. The van der Waals surface area contributed by atoms with Crippen molar-refractivity contribution < 1.29 is 19.2 Å². The number of hydrogen-bond donors (Lipinski definition) is 2. The number of primary amides is 2. The maximum Gasteiger partial charge on any atom is 0.237 e. The third-order valence-corrected chi connectivity index (χ3v) is 4.32. The number of β-lactam (4-membered cyclic amide) rings is 1. The van der Waals surface area contributed by atoms with Crippen LogP contribution in [0, 0.1) is 5.41 Å². The summed E-state index contributed by atoms with van der Waals surface area (Å²) in [5, 5.41) is 0. The van der Waals surface area contributed by atoms with Gasteiger partial charge in [-0.1, -0.05) is 0 Å². The lowest BCUT2D eigenvalue weighted by molar-refractivity contribution is -0.169. The number of hydrogen-bond acceptors (Lipinski definition) is 4. The van der Waals surface area contributed by atoms with Crippen LogP contribution in [0.3, 0.4) is 0 Å². The van der Waals surface area contributed by atoms with Crippen molar-refractivity contribution in [1.29, 1.82) is 0 Å². The molecule has 0 bridgehead atoms. The Labute approximate surface area is 128 Å². The van der Waals surface area contributed by atoms with E-state index in [1.165, 1.54) is 4.90 Å². The first kappa shape index (κ1) is 16.3. The summed E-state index contributed by atoms with van der Waals surface area (Å²) >= 11 is 0. The normalized spacial score (nSPS) is 24.3. The van der Waals surface area contributed by atoms with Crippen LogP contribution in [0.1, 0.15) is 32.1 Å². The van der Waals surface area contributed by atoms with Gasteiger partial charge in [0.1, 0.15) is 0 Å². The average molecular weight is 310 g/mol. The van der Waals surface area contributed by atoms with Gasteiger partial charge in [0.05, 0.1) is 12.0 Å². The van der Waals surface area contributed by atoms with Crippen molar-refractivity contribution in [2.75, 3.05) is 26.2 Å². The summed E-state index contributed by atoms with van der Waals surface area (Å²) in [6, 6.07) is 0. The molecular weight excluding hydrogens is 288 g/mol. The molecule has 2 rings (SSSR count). The van der Waals surface area contributed by atoms with Gasteiger partial charge in [0.2, 0.25) is 23.6 Å². The van der Waals surface area contributed by atoms with Crippen LogP contribution in [0.4, 0.5) is 0 Å². The first-order valence-corrected chi connectivity index (χ1v) is 7.48. The van der Waals surface area contributed by atoms with Gasteiger partial charge >= 0.3 is 0 Å². The van der Waals surface area contributed by atoms with Gasteiger partial charge in [-0.3, -0.25) is 19.2 Å². The highest BCUT2D eigenvalue weighted by Gasteiger charge is 2.54.